The van der Waals surface area contributed by atoms with E-state index in [0.29, 0.717) is 23.8 Å². The smallest absolute Gasteiger partial charge is 0.338 e. The molecule has 3 aromatic rings. The Morgan fingerprint density at radius 2 is 1.86 bits per heavy atom. The van der Waals surface area contributed by atoms with E-state index in [2.05, 4.69) is 15.4 Å². The van der Waals surface area contributed by atoms with Gasteiger partial charge in [-0.05, 0) is 18.1 Å². The average Bonchev–Trinajstić information content (AvgIpc) is 3.21. The number of carbonyl (C=O) groups is 1. The second-order valence-corrected chi connectivity index (χ2v) is 6.24. The SMILES string of the molecule is CCOC(=O)C1=C(c2ccccc2)Nc2ncnn2C1C=Cc1ccccc1. The third-order valence-corrected chi connectivity index (χ3v) is 4.47. The van der Waals surface area contributed by atoms with Crippen LogP contribution in [0.4, 0.5) is 5.95 Å². The highest BCUT2D eigenvalue weighted by atomic mass is 16.5. The minimum Gasteiger partial charge on any atom is -0.463 e. The van der Waals surface area contributed by atoms with Crippen LogP contribution in [0.2, 0.25) is 0 Å². The first-order chi connectivity index (χ1) is 13.8. The molecule has 4 rings (SSSR count). The Morgan fingerprint density at radius 3 is 2.57 bits per heavy atom. The van der Waals surface area contributed by atoms with Crippen molar-refractivity contribution in [3.8, 4) is 0 Å². The molecule has 1 aliphatic rings. The number of hydrogen-bond acceptors (Lipinski definition) is 5. The van der Waals surface area contributed by atoms with Crippen molar-refractivity contribution < 1.29 is 9.53 Å². The molecule has 0 radical (unpaired) electrons. The molecule has 0 bridgehead atoms. The van der Waals surface area contributed by atoms with E-state index in [9.17, 15) is 4.79 Å². The van der Waals surface area contributed by atoms with Crippen LogP contribution in [-0.4, -0.2) is 27.3 Å². The van der Waals surface area contributed by atoms with Gasteiger partial charge in [0, 0.05) is 0 Å². The molecule has 140 valence electrons. The molecule has 0 fully saturated rings. The number of allylic oxidation sites excluding steroid dienone is 1. The number of aromatic nitrogens is 3. The zero-order valence-corrected chi connectivity index (χ0v) is 15.4. The number of esters is 1. The number of nitrogens with zero attached hydrogens (tertiary/aromatic N) is 3. The van der Waals surface area contributed by atoms with Gasteiger partial charge in [0.25, 0.3) is 0 Å². The van der Waals surface area contributed by atoms with Gasteiger partial charge in [-0.25, -0.2) is 9.48 Å². The maximum absolute atomic E-state index is 12.9. The summed E-state index contributed by atoms with van der Waals surface area (Å²) in [6.45, 7) is 2.09. The summed E-state index contributed by atoms with van der Waals surface area (Å²) in [7, 11) is 0. The number of ether oxygens (including phenoxy) is 1. The van der Waals surface area contributed by atoms with Gasteiger partial charge in [-0.1, -0.05) is 72.8 Å². The average molecular weight is 372 g/mol. The van der Waals surface area contributed by atoms with Crippen LogP contribution in [0.5, 0.6) is 0 Å². The lowest BCUT2D eigenvalue weighted by Crippen LogP contribution is -2.28. The fraction of sp³-hybridized carbons (Fsp3) is 0.136. The lowest BCUT2D eigenvalue weighted by Gasteiger charge is -2.27. The normalized spacial score (nSPS) is 16.0. The summed E-state index contributed by atoms with van der Waals surface area (Å²) in [6, 6.07) is 19.2. The fourth-order valence-electron chi connectivity index (χ4n) is 3.20. The van der Waals surface area contributed by atoms with Gasteiger partial charge in [0.15, 0.2) is 0 Å². The molecule has 2 aromatic carbocycles. The molecule has 0 spiro atoms. The maximum atomic E-state index is 12.9. The van der Waals surface area contributed by atoms with Crippen molar-refractivity contribution in [1.29, 1.82) is 0 Å². The standard InChI is InChI=1S/C22H20N4O2/c1-2-28-21(27)19-18(14-13-16-9-5-3-6-10-16)26-22(23-15-24-26)25-20(19)17-11-7-4-8-12-17/h3-15,18H,2H2,1H3,(H,23,24,25). The molecule has 0 saturated carbocycles. The molecule has 1 unspecified atom stereocenters. The Bertz CT molecular complexity index is 1020. The topological polar surface area (TPSA) is 69.0 Å². The Morgan fingerprint density at radius 1 is 1.14 bits per heavy atom. The van der Waals surface area contributed by atoms with Crippen LogP contribution < -0.4 is 5.32 Å². The second-order valence-electron chi connectivity index (χ2n) is 6.24. The molecule has 1 N–H and O–H groups in total. The van der Waals surface area contributed by atoms with E-state index in [1.54, 1.807) is 11.6 Å². The summed E-state index contributed by atoms with van der Waals surface area (Å²) >= 11 is 0. The van der Waals surface area contributed by atoms with E-state index in [0.717, 1.165) is 11.1 Å². The molecular weight excluding hydrogens is 352 g/mol. The third kappa shape index (κ3) is 3.44. The first kappa shape index (κ1) is 17.7. The van der Waals surface area contributed by atoms with Crippen molar-refractivity contribution in [2.24, 2.45) is 0 Å². The van der Waals surface area contributed by atoms with E-state index >= 15 is 0 Å². The molecule has 0 saturated heterocycles. The maximum Gasteiger partial charge on any atom is 0.338 e. The highest BCUT2D eigenvalue weighted by molar-refractivity contribution is 6.02. The van der Waals surface area contributed by atoms with Crippen molar-refractivity contribution in [1.82, 2.24) is 14.8 Å². The summed E-state index contributed by atoms with van der Waals surface area (Å²) in [5, 5.41) is 7.57. The number of nitrogens with one attached hydrogen (secondary N) is 1. The summed E-state index contributed by atoms with van der Waals surface area (Å²) in [5.74, 6) is 0.201. The molecule has 0 amide bonds. The fourth-order valence-corrected chi connectivity index (χ4v) is 3.20. The number of rotatable bonds is 5. The van der Waals surface area contributed by atoms with Gasteiger partial charge in [-0.3, -0.25) is 0 Å². The van der Waals surface area contributed by atoms with Gasteiger partial charge in [-0.2, -0.15) is 10.1 Å². The number of carbonyl (C=O) groups excluding carboxylic acids is 1. The summed E-state index contributed by atoms with van der Waals surface area (Å²) in [5.41, 5.74) is 3.10. The Balaban J connectivity index is 1.85. The van der Waals surface area contributed by atoms with Crippen molar-refractivity contribution in [3.63, 3.8) is 0 Å². The number of anilines is 1. The minimum atomic E-state index is -0.437. The zero-order chi connectivity index (χ0) is 19.3. The first-order valence-corrected chi connectivity index (χ1v) is 9.14. The monoisotopic (exact) mass is 372 g/mol. The highest BCUT2D eigenvalue weighted by Gasteiger charge is 2.33. The van der Waals surface area contributed by atoms with Gasteiger partial charge in [0.2, 0.25) is 5.95 Å². The van der Waals surface area contributed by atoms with Crippen LogP contribution in [-0.2, 0) is 9.53 Å². The van der Waals surface area contributed by atoms with Crippen LogP contribution >= 0.6 is 0 Å². The Hall–Kier alpha value is -3.67. The number of fused-ring (bicyclic) bond motifs is 1. The lowest BCUT2D eigenvalue weighted by atomic mass is 9.97. The minimum absolute atomic E-state index is 0.295. The largest absolute Gasteiger partial charge is 0.463 e. The first-order valence-electron chi connectivity index (χ1n) is 9.14. The summed E-state index contributed by atoms with van der Waals surface area (Å²) in [4.78, 5) is 17.2. The van der Waals surface area contributed by atoms with Gasteiger partial charge in [0.1, 0.15) is 12.4 Å². The molecule has 0 aliphatic carbocycles. The zero-order valence-electron chi connectivity index (χ0n) is 15.4. The molecule has 1 aliphatic heterocycles. The van der Waals surface area contributed by atoms with E-state index in [-0.39, 0.29) is 5.97 Å². The Kier molecular flexibility index (Phi) is 5.01. The number of hydrogen-bond donors (Lipinski definition) is 1. The van der Waals surface area contributed by atoms with Gasteiger partial charge in [-0.15, -0.1) is 0 Å². The van der Waals surface area contributed by atoms with Crippen LogP contribution in [0.15, 0.2) is 78.6 Å². The quantitative estimate of drug-likeness (QED) is 0.687. The van der Waals surface area contributed by atoms with Crippen molar-refractivity contribution >= 4 is 23.7 Å². The number of benzene rings is 2. The van der Waals surface area contributed by atoms with Crippen molar-refractivity contribution in [3.05, 3.63) is 89.8 Å². The van der Waals surface area contributed by atoms with E-state index in [1.807, 2.05) is 72.8 Å². The predicted octanol–water partition coefficient (Wildman–Crippen LogP) is 3.93. The van der Waals surface area contributed by atoms with Crippen LogP contribution in [0.25, 0.3) is 11.8 Å². The molecule has 28 heavy (non-hydrogen) atoms. The molecule has 6 nitrogen and oxygen atoms in total. The van der Waals surface area contributed by atoms with Crippen LogP contribution in [0.1, 0.15) is 24.1 Å². The van der Waals surface area contributed by atoms with Crippen LogP contribution in [0.3, 0.4) is 0 Å². The van der Waals surface area contributed by atoms with E-state index in [4.69, 9.17) is 4.74 Å². The lowest BCUT2D eigenvalue weighted by molar-refractivity contribution is -0.138. The third-order valence-electron chi connectivity index (χ3n) is 4.47. The van der Waals surface area contributed by atoms with Gasteiger partial charge in [0.05, 0.1) is 17.9 Å². The predicted molar refractivity (Wildman–Crippen MR) is 108 cm³/mol. The molecule has 1 aromatic heterocycles. The molecular formula is C22H20N4O2. The van der Waals surface area contributed by atoms with Crippen molar-refractivity contribution in [2.75, 3.05) is 11.9 Å². The molecule has 2 heterocycles. The Labute approximate surface area is 163 Å². The summed E-state index contributed by atoms with van der Waals surface area (Å²) in [6.07, 6.45) is 5.40. The molecule has 1 atom stereocenters. The second kappa shape index (κ2) is 7.92. The molecule has 6 heteroatoms. The van der Waals surface area contributed by atoms with E-state index in [1.165, 1.54) is 6.33 Å². The summed E-state index contributed by atoms with van der Waals surface area (Å²) < 4.78 is 7.07. The van der Waals surface area contributed by atoms with Crippen molar-refractivity contribution in [2.45, 2.75) is 13.0 Å². The van der Waals surface area contributed by atoms with Gasteiger partial charge < -0.3 is 10.1 Å². The highest BCUT2D eigenvalue weighted by Crippen LogP contribution is 2.36. The van der Waals surface area contributed by atoms with Crippen LogP contribution in [0, 0.1) is 0 Å². The van der Waals surface area contributed by atoms with Gasteiger partial charge >= 0.3 is 5.97 Å². The van der Waals surface area contributed by atoms with E-state index < -0.39 is 6.04 Å².